The highest BCUT2D eigenvalue weighted by molar-refractivity contribution is 5.85. The van der Waals surface area contributed by atoms with Gasteiger partial charge in [-0.05, 0) is 42.6 Å². The van der Waals surface area contributed by atoms with E-state index in [-0.39, 0.29) is 12.4 Å². The Morgan fingerprint density at radius 1 is 0.759 bits per heavy atom. The lowest BCUT2D eigenvalue weighted by Gasteiger charge is -2.34. The second-order valence-electron chi connectivity index (χ2n) is 6.86. The van der Waals surface area contributed by atoms with Crippen LogP contribution in [0.1, 0.15) is 29.5 Å². The minimum absolute atomic E-state index is 0. The lowest BCUT2D eigenvalue weighted by Crippen LogP contribution is -2.34. The third kappa shape index (κ3) is 6.30. The molecule has 3 aromatic rings. The number of hydrogen-bond acceptors (Lipinski definition) is 2. The maximum absolute atomic E-state index is 6.14. The Labute approximate surface area is 181 Å². The molecule has 0 amide bonds. The average molecular weight is 408 g/mol. The first-order valence-electron chi connectivity index (χ1n) is 9.94. The molecular weight excluding hydrogens is 378 g/mol. The first-order chi connectivity index (χ1) is 13.8. The van der Waals surface area contributed by atoms with E-state index >= 15 is 0 Å². The zero-order valence-corrected chi connectivity index (χ0v) is 17.8. The van der Waals surface area contributed by atoms with E-state index in [0.29, 0.717) is 0 Å². The van der Waals surface area contributed by atoms with Crippen molar-refractivity contribution in [1.82, 2.24) is 5.32 Å². The Bertz CT molecular complexity index is 795. The molecule has 0 atom stereocenters. The summed E-state index contributed by atoms with van der Waals surface area (Å²) in [5.41, 5.74) is 3.19. The molecule has 0 aliphatic carbocycles. The van der Waals surface area contributed by atoms with Crippen molar-refractivity contribution in [2.75, 3.05) is 20.2 Å². The van der Waals surface area contributed by atoms with Crippen LogP contribution in [-0.2, 0) is 10.3 Å². The molecule has 0 aliphatic rings. The fraction of sp³-hybridized carbons (Fsp3) is 0.231. The molecule has 3 heteroatoms. The van der Waals surface area contributed by atoms with Gasteiger partial charge in [0.1, 0.15) is 5.60 Å². The van der Waals surface area contributed by atoms with Gasteiger partial charge in [0.2, 0.25) is 0 Å². The van der Waals surface area contributed by atoms with E-state index in [0.717, 1.165) is 25.9 Å². The topological polar surface area (TPSA) is 21.3 Å². The lowest BCUT2D eigenvalue weighted by atomic mass is 9.83. The molecule has 0 aliphatic heterocycles. The summed E-state index contributed by atoms with van der Waals surface area (Å²) in [4.78, 5) is 0. The van der Waals surface area contributed by atoms with E-state index in [9.17, 15) is 0 Å². The lowest BCUT2D eigenvalue weighted by molar-refractivity contribution is 0.0148. The minimum atomic E-state index is -0.435. The van der Waals surface area contributed by atoms with Gasteiger partial charge >= 0.3 is 0 Å². The monoisotopic (exact) mass is 407 g/mol. The standard InChI is InChI=1S/C26H29NO.ClH/c1-28-26(24-16-7-3-8-17-24,25-18-9-4-10-19-25)20-22-27-21-12-11-15-23-13-5-2-6-14-23;/h2-11,13-19,27H,12,20-22H2,1H3;1H/b15-11+;. The molecule has 0 saturated carbocycles. The van der Waals surface area contributed by atoms with Crippen molar-refractivity contribution in [2.45, 2.75) is 18.4 Å². The van der Waals surface area contributed by atoms with E-state index in [1.54, 1.807) is 0 Å². The highest BCUT2D eigenvalue weighted by Crippen LogP contribution is 2.36. The summed E-state index contributed by atoms with van der Waals surface area (Å²) in [5.74, 6) is 0. The van der Waals surface area contributed by atoms with Crippen LogP contribution in [0.3, 0.4) is 0 Å². The van der Waals surface area contributed by atoms with Crippen molar-refractivity contribution in [1.29, 1.82) is 0 Å². The zero-order chi connectivity index (χ0) is 19.5. The summed E-state index contributed by atoms with van der Waals surface area (Å²) in [5, 5.41) is 3.57. The predicted octanol–water partition coefficient (Wildman–Crippen LogP) is 6.08. The molecule has 1 N–H and O–H groups in total. The van der Waals surface area contributed by atoms with Crippen LogP contribution in [0.15, 0.2) is 97.1 Å². The van der Waals surface area contributed by atoms with Gasteiger partial charge in [-0.25, -0.2) is 0 Å². The normalized spacial score (nSPS) is 11.3. The molecule has 0 bridgehead atoms. The van der Waals surface area contributed by atoms with E-state index in [1.165, 1.54) is 16.7 Å². The maximum atomic E-state index is 6.14. The number of halogens is 1. The molecule has 0 spiro atoms. The van der Waals surface area contributed by atoms with Crippen molar-refractivity contribution in [3.05, 3.63) is 114 Å². The second kappa shape index (κ2) is 12.2. The largest absolute Gasteiger partial charge is 0.369 e. The number of nitrogens with one attached hydrogen (secondary N) is 1. The fourth-order valence-corrected chi connectivity index (χ4v) is 3.57. The van der Waals surface area contributed by atoms with Gasteiger partial charge in [-0.3, -0.25) is 0 Å². The summed E-state index contributed by atoms with van der Waals surface area (Å²) in [6.45, 7) is 1.84. The summed E-state index contributed by atoms with van der Waals surface area (Å²) >= 11 is 0. The van der Waals surface area contributed by atoms with Crippen molar-refractivity contribution < 1.29 is 4.74 Å². The first kappa shape index (κ1) is 22.9. The van der Waals surface area contributed by atoms with Crippen molar-refractivity contribution in [3.8, 4) is 0 Å². The van der Waals surface area contributed by atoms with Crippen LogP contribution in [0.4, 0.5) is 0 Å². The Morgan fingerprint density at radius 3 is 1.79 bits per heavy atom. The highest BCUT2D eigenvalue weighted by atomic mass is 35.5. The van der Waals surface area contributed by atoms with Crippen LogP contribution in [0.2, 0.25) is 0 Å². The molecule has 0 fully saturated rings. The Morgan fingerprint density at radius 2 is 1.28 bits per heavy atom. The van der Waals surface area contributed by atoms with Crippen molar-refractivity contribution >= 4 is 18.5 Å². The van der Waals surface area contributed by atoms with Crippen LogP contribution < -0.4 is 5.32 Å². The van der Waals surface area contributed by atoms with Crippen LogP contribution in [-0.4, -0.2) is 20.2 Å². The molecule has 2 nitrogen and oxygen atoms in total. The third-order valence-electron chi connectivity index (χ3n) is 5.08. The number of ether oxygens (including phenoxy) is 1. The average Bonchev–Trinajstić information content (AvgIpc) is 2.78. The molecule has 0 radical (unpaired) electrons. The van der Waals surface area contributed by atoms with E-state index in [2.05, 4.69) is 90.3 Å². The second-order valence-corrected chi connectivity index (χ2v) is 6.86. The summed E-state index contributed by atoms with van der Waals surface area (Å²) in [6, 6.07) is 31.4. The number of benzene rings is 3. The van der Waals surface area contributed by atoms with Crippen LogP contribution in [0.25, 0.3) is 6.08 Å². The summed E-state index contributed by atoms with van der Waals surface area (Å²) in [6.07, 6.45) is 6.28. The van der Waals surface area contributed by atoms with Crippen molar-refractivity contribution in [3.63, 3.8) is 0 Å². The third-order valence-corrected chi connectivity index (χ3v) is 5.08. The molecule has 152 valence electrons. The number of hydrogen-bond donors (Lipinski definition) is 1. The molecule has 0 heterocycles. The van der Waals surface area contributed by atoms with Gasteiger partial charge in [0, 0.05) is 7.11 Å². The van der Waals surface area contributed by atoms with E-state index in [4.69, 9.17) is 4.74 Å². The van der Waals surface area contributed by atoms with Gasteiger partial charge in [0.15, 0.2) is 0 Å². The molecule has 3 rings (SSSR count). The van der Waals surface area contributed by atoms with Crippen molar-refractivity contribution in [2.24, 2.45) is 0 Å². The Balaban J connectivity index is 0.00000300. The molecule has 0 unspecified atom stereocenters. The number of rotatable bonds is 10. The Hall–Kier alpha value is -2.39. The van der Waals surface area contributed by atoms with Gasteiger partial charge < -0.3 is 10.1 Å². The van der Waals surface area contributed by atoms with E-state index < -0.39 is 5.60 Å². The predicted molar refractivity (Wildman–Crippen MR) is 126 cm³/mol. The van der Waals surface area contributed by atoms with Gasteiger partial charge in [-0.2, -0.15) is 0 Å². The van der Waals surface area contributed by atoms with Gasteiger partial charge in [-0.1, -0.05) is 103 Å². The molecule has 29 heavy (non-hydrogen) atoms. The fourth-order valence-electron chi connectivity index (χ4n) is 3.57. The Kier molecular flexibility index (Phi) is 9.66. The van der Waals surface area contributed by atoms with E-state index in [1.807, 2.05) is 25.3 Å². The van der Waals surface area contributed by atoms with Gasteiger partial charge in [-0.15, -0.1) is 12.4 Å². The first-order valence-corrected chi connectivity index (χ1v) is 9.94. The molecule has 0 aromatic heterocycles. The van der Waals surface area contributed by atoms with Crippen LogP contribution in [0.5, 0.6) is 0 Å². The maximum Gasteiger partial charge on any atom is 0.119 e. The van der Waals surface area contributed by atoms with Crippen LogP contribution in [0, 0.1) is 0 Å². The summed E-state index contributed by atoms with van der Waals surface area (Å²) < 4.78 is 6.14. The minimum Gasteiger partial charge on any atom is -0.369 e. The quantitative estimate of drug-likeness (QED) is 0.411. The zero-order valence-electron chi connectivity index (χ0n) is 17.0. The molecule has 3 aromatic carbocycles. The molecular formula is C26H30ClNO. The highest BCUT2D eigenvalue weighted by Gasteiger charge is 2.33. The van der Waals surface area contributed by atoms with Gasteiger partial charge in [0.25, 0.3) is 0 Å². The van der Waals surface area contributed by atoms with Gasteiger partial charge in [0.05, 0.1) is 0 Å². The summed E-state index contributed by atoms with van der Waals surface area (Å²) in [7, 11) is 1.81. The smallest absolute Gasteiger partial charge is 0.119 e. The molecule has 0 saturated heterocycles. The van der Waals surface area contributed by atoms with Crippen LogP contribution >= 0.6 is 12.4 Å². The SMILES string of the molecule is COC(CCNCC/C=C/c1ccccc1)(c1ccccc1)c1ccccc1.Cl. The number of methoxy groups -OCH3 is 1.